The van der Waals surface area contributed by atoms with Gasteiger partial charge in [0.2, 0.25) is 5.76 Å². The lowest BCUT2D eigenvalue weighted by molar-refractivity contribution is 0.0697. The molecule has 0 saturated carbocycles. The number of esters is 1. The van der Waals surface area contributed by atoms with Gasteiger partial charge in [0.05, 0.1) is 6.61 Å². The number of fused-ring (bicyclic) bond motifs is 1. The van der Waals surface area contributed by atoms with E-state index in [1.807, 2.05) is 18.2 Å². The highest BCUT2D eigenvalue weighted by Crippen LogP contribution is 2.27. The van der Waals surface area contributed by atoms with E-state index >= 15 is 0 Å². The number of carbonyl (C=O) groups is 1. The molecule has 0 radical (unpaired) electrons. The highest BCUT2D eigenvalue weighted by Gasteiger charge is 2.22. The van der Waals surface area contributed by atoms with Crippen molar-refractivity contribution in [3.8, 4) is 5.75 Å². The number of hydrogen-bond acceptors (Lipinski definition) is 4. The average molecular weight is 300 g/mol. The summed E-state index contributed by atoms with van der Waals surface area (Å²) < 4.78 is 29.0. The molecular formula is C17H13FO4. The molecule has 0 aliphatic rings. The lowest BCUT2D eigenvalue weighted by atomic mass is 10.1. The third kappa shape index (κ3) is 2.71. The summed E-state index contributed by atoms with van der Waals surface area (Å²) in [5.41, 5.74) is 1.18. The smallest absolute Gasteiger partial charge is 0.380 e. The molecule has 4 nitrogen and oxygen atoms in total. The maximum Gasteiger partial charge on any atom is 0.380 e. The molecule has 0 atom stereocenters. The lowest BCUT2D eigenvalue weighted by Gasteiger charge is -2.04. The van der Waals surface area contributed by atoms with E-state index in [4.69, 9.17) is 13.9 Å². The number of ether oxygens (including phenoxy) is 2. The Morgan fingerprint density at radius 3 is 2.77 bits per heavy atom. The Morgan fingerprint density at radius 1 is 1.18 bits per heavy atom. The molecule has 0 spiro atoms. The van der Waals surface area contributed by atoms with Gasteiger partial charge in [0.15, 0.2) is 0 Å². The summed E-state index contributed by atoms with van der Waals surface area (Å²) in [5.74, 6) is -0.984. The van der Waals surface area contributed by atoms with Gasteiger partial charge in [0.25, 0.3) is 0 Å². The number of furan rings is 1. The van der Waals surface area contributed by atoms with Crippen LogP contribution in [0.4, 0.5) is 4.39 Å². The normalized spacial score (nSPS) is 10.8. The van der Waals surface area contributed by atoms with Crippen LogP contribution in [0.25, 0.3) is 11.0 Å². The van der Waals surface area contributed by atoms with Gasteiger partial charge in [-0.25, -0.2) is 9.18 Å². The SMILES string of the molecule is COCc1c(C(=O)Oc2cccc(F)c2)oc2ccccc12. The Hall–Kier alpha value is -2.66. The van der Waals surface area contributed by atoms with Crippen LogP contribution in [0.1, 0.15) is 16.1 Å². The van der Waals surface area contributed by atoms with Gasteiger partial charge in [-0.05, 0) is 18.2 Å². The van der Waals surface area contributed by atoms with E-state index in [9.17, 15) is 9.18 Å². The second kappa shape index (κ2) is 5.99. The fourth-order valence-corrected chi connectivity index (χ4v) is 2.24. The van der Waals surface area contributed by atoms with Crippen LogP contribution in [0, 0.1) is 5.82 Å². The van der Waals surface area contributed by atoms with Gasteiger partial charge in [-0.3, -0.25) is 0 Å². The molecule has 112 valence electrons. The topological polar surface area (TPSA) is 48.7 Å². The van der Waals surface area contributed by atoms with E-state index in [-0.39, 0.29) is 18.1 Å². The standard InChI is InChI=1S/C17H13FO4/c1-20-10-14-13-7-2-3-8-15(13)22-16(14)17(19)21-12-6-4-5-11(18)9-12/h2-9H,10H2,1H3. The van der Waals surface area contributed by atoms with Crippen molar-refractivity contribution in [3.05, 3.63) is 65.7 Å². The van der Waals surface area contributed by atoms with Gasteiger partial charge in [-0.15, -0.1) is 0 Å². The summed E-state index contributed by atoms with van der Waals surface area (Å²) in [5, 5.41) is 0.788. The zero-order chi connectivity index (χ0) is 15.5. The van der Waals surface area contributed by atoms with Gasteiger partial charge in [0.1, 0.15) is 17.1 Å². The number of carbonyl (C=O) groups excluding carboxylic acids is 1. The van der Waals surface area contributed by atoms with E-state index in [0.29, 0.717) is 11.1 Å². The van der Waals surface area contributed by atoms with Gasteiger partial charge >= 0.3 is 5.97 Å². The Balaban J connectivity index is 1.98. The van der Waals surface area contributed by atoms with Crippen molar-refractivity contribution in [2.75, 3.05) is 7.11 Å². The van der Waals surface area contributed by atoms with Crippen LogP contribution in [0.3, 0.4) is 0 Å². The van der Waals surface area contributed by atoms with Crippen molar-refractivity contribution in [2.24, 2.45) is 0 Å². The molecule has 0 fully saturated rings. The van der Waals surface area contributed by atoms with Crippen LogP contribution in [-0.4, -0.2) is 13.1 Å². The Kier molecular flexibility index (Phi) is 3.89. The molecule has 3 aromatic rings. The minimum Gasteiger partial charge on any atom is -0.449 e. The Morgan fingerprint density at radius 2 is 2.00 bits per heavy atom. The highest BCUT2D eigenvalue weighted by molar-refractivity contribution is 5.96. The van der Waals surface area contributed by atoms with Crippen molar-refractivity contribution in [3.63, 3.8) is 0 Å². The number of para-hydroxylation sites is 1. The summed E-state index contributed by atoms with van der Waals surface area (Å²) in [7, 11) is 1.53. The first kappa shape index (κ1) is 14.3. The zero-order valence-corrected chi connectivity index (χ0v) is 11.8. The average Bonchev–Trinajstić information content (AvgIpc) is 2.87. The van der Waals surface area contributed by atoms with Gasteiger partial charge < -0.3 is 13.9 Å². The van der Waals surface area contributed by atoms with Crippen molar-refractivity contribution in [2.45, 2.75) is 6.61 Å². The molecule has 2 aromatic carbocycles. The number of rotatable bonds is 4. The largest absolute Gasteiger partial charge is 0.449 e. The van der Waals surface area contributed by atoms with Crippen molar-refractivity contribution >= 4 is 16.9 Å². The third-order valence-corrected chi connectivity index (χ3v) is 3.18. The first-order valence-electron chi connectivity index (χ1n) is 6.66. The van der Waals surface area contributed by atoms with Crippen molar-refractivity contribution in [1.29, 1.82) is 0 Å². The van der Waals surface area contributed by atoms with Crippen LogP contribution in [-0.2, 0) is 11.3 Å². The van der Waals surface area contributed by atoms with E-state index in [0.717, 1.165) is 11.5 Å². The molecule has 0 N–H and O–H groups in total. The van der Waals surface area contributed by atoms with E-state index in [2.05, 4.69) is 0 Å². The predicted molar refractivity (Wildman–Crippen MR) is 78.3 cm³/mol. The molecule has 3 rings (SSSR count). The number of benzene rings is 2. The molecular weight excluding hydrogens is 287 g/mol. The van der Waals surface area contributed by atoms with Crippen LogP contribution in [0.15, 0.2) is 52.9 Å². The molecule has 22 heavy (non-hydrogen) atoms. The molecule has 0 aliphatic heterocycles. The fraction of sp³-hybridized carbons (Fsp3) is 0.118. The molecule has 1 heterocycles. The number of methoxy groups -OCH3 is 1. The molecule has 0 aliphatic carbocycles. The monoisotopic (exact) mass is 300 g/mol. The van der Waals surface area contributed by atoms with Crippen molar-refractivity contribution < 1.29 is 23.1 Å². The van der Waals surface area contributed by atoms with Crippen molar-refractivity contribution in [1.82, 2.24) is 0 Å². The van der Waals surface area contributed by atoms with Crippen LogP contribution in [0.2, 0.25) is 0 Å². The first-order valence-corrected chi connectivity index (χ1v) is 6.66. The Labute approximate surface area is 126 Å². The highest BCUT2D eigenvalue weighted by atomic mass is 19.1. The quantitative estimate of drug-likeness (QED) is 0.541. The molecule has 5 heteroatoms. The summed E-state index contributed by atoms with van der Waals surface area (Å²) >= 11 is 0. The first-order chi connectivity index (χ1) is 10.7. The molecule has 0 bridgehead atoms. The van der Waals surface area contributed by atoms with E-state index < -0.39 is 11.8 Å². The second-order valence-corrected chi connectivity index (χ2v) is 4.69. The predicted octanol–water partition coefficient (Wildman–Crippen LogP) is 3.94. The molecule has 0 amide bonds. The summed E-state index contributed by atoms with van der Waals surface area (Å²) in [6.45, 7) is 0.213. The minimum atomic E-state index is -0.686. The Bertz CT molecular complexity index is 822. The fourth-order valence-electron chi connectivity index (χ4n) is 2.24. The minimum absolute atomic E-state index is 0.0623. The van der Waals surface area contributed by atoms with Crippen LogP contribution in [0.5, 0.6) is 5.75 Å². The zero-order valence-electron chi connectivity index (χ0n) is 11.8. The summed E-state index contributed by atoms with van der Waals surface area (Å²) in [6.07, 6.45) is 0. The third-order valence-electron chi connectivity index (χ3n) is 3.18. The number of hydrogen-bond donors (Lipinski definition) is 0. The van der Waals surface area contributed by atoms with E-state index in [1.165, 1.54) is 25.3 Å². The van der Waals surface area contributed by atoms with Gasteiger partial charge in [0, 0.05) is 24.1 Å². The van der Waals surface area contributed by atoms with E-state index in [1.54, 1.807) is 6.07 Å². The molecule has 1 aromatic heterocycles. The summed E-state index contributed by atoms with van der Waals surface area (Å²) in [6, 6.07) is 12.6. The second-order valence-electron chi connectivity index (χ2n) is 4.69. The van der Waals surface area contributed by atoms with Gasteiger partial charge in [-0.1, -0.05) is 24.3 Å². The molecule has 0 saturated heterocycles. The van der Waals surface area contributed by atoms with Gasteiger partial charge in [-0.2, -0.15) is 0 Å². The molecule has 0 unspecified atom stereocenters. The number of halogens is 1. The maximum absolute atomic E-state index is 13.2. The maximum atomic E-state index is 13.2. The summed E-state index contributed by atoms with van der Waals surface area (Å²) in [4.78, 5) is 12.3. The van der Waals surface area contributed by atoms with Crippen LogP contribution < -0.4 is 4.74 Å². The lowest BCUT2D eigenvalue weighted by Crippen LogP contribution is -2.10. The van der Waals surface area contributed by atoms with Crippen LogP contribution >= 0.6 is 0 Å².